The smallest absolute Gasteiger partial charge is 0.305 e. The first-order chi connectivity index (χ1) is 9.25. The maximum Gasteiger partial charge on any atom is 0.416 e. The molecule has 1 aromatic rings. The van der Waals surface area contributed by atoms with E-state index in [-0.39, 0.29) is 0 Å². The Kier molecular flexibility index (Phi) is 4.39. The molecule has 0 aliphatic carbocycles. The summed E-state index contributed by atoms with van der Waals surface area (Å²) >= 11 is 0. The molecule has 1 unspecified atom stereocenters. The lowest BCUT2D eigenvalue weighted by Gasteiger charge is -2.21. The molecule has 0 saturated carbocycles. The lowest BCUT2D eigenvalue weighted by atomic mass is 10.1. The molecule has 1 aliphatic heterocycles. The summed E-state index contributed by atoms with van der Waals surface area (Å²) in [5, 5.41) is 0. The van der Waals surface area contributed by atoms with Crippen molar-refractivity contribution in [1.29, 1.82) is 0 Å². The van der Waals surface area contributed by atoms with Crippen LogP contribution in [0.1, 0.15) is 23.1 Å². The Morgan fingerprint density at radius 1 is 1.25 bits per heavy atom. The molecule has 2 rings (SSSR count). The summed E-state index contributed by atoms with van der Waals surface area (Å²) in [4.78, 5) is 4.40. The van der Waals surface area contributed by atoms with Crippen molar-refractivity contribution in [2.45, 2.75) is 32.1 Å². The molecule has 0 bridgehead atoms. The summed E-state index contributed by atoms with van der Waals surface area (Å²) in [6, 6.07) is 4.83. The van der Waals surface area contributed by atoms with Crippen LogP contribution in [0.4, 0.5) is 13.2 Å². The highest BCUT2D eigenvalue weighted by Gasteiger charge is 2.31. The largest absolute Gasteiger partial charge is 0.416 e. The van der Waals surface area contributed by atoms with Crippen LogP contribution in [0.5, 0.6) is 0 Å². The highest BCUT2D eigenvalue weighted by molar-refractivity contribution is 5.31. The summed E-state index contributed by atoms with van der Waals surface area (Å²) < 4.78 is 38.4. The zero-order valence-electron chi connectivity index (χ0n) is 12.2. The van der Waals surface area contributed by atoms with Crippen molar-refractivity contribution in [3.8, 4) is 0 Å². The number of aryl methyl sites for hydroxylation is 1. The van der Waals surface area contributed by atoms with E-state index >= 15 is 0 Å². The van der Waals surface area contributed by atoms with Gasteiger partial charge < -0.3 is 4.90 Å². The molecule has 5 heteroatoms. The van der Waals surface area contributed by atoms with E-state index in [0.717, 1.165) is 25.1 Å². The van der Waals surface area contributed by atoms with Gasteiger partial charge >= 0.3 is 6.18 Å². The van der Waals surface area contributed by atoms with Crippen molar-refractivity contribution < 1.29 is 13.2 Å². The van der Waals surface area contributed by atoms with Gasteiger partial charge in [0.2, 0.25) is 0 Å². The molecule has 1 atom stereocenters. The predicted octanol–water partition coefficient (Wildman–Crippen LogP) is 3.15. The maximum atomic E-state index is 12.8. The van der Waals surface area contributed by atoms with E-state index in [1.807, 2.05) is 20.2 Å². The zero-order valence-corrected chi connectivity index (χ0v) is 12.2. The molecule has 0 spiro atoms. The molecule has 0 aromatic heterocycles. The number of nitrogens with zero attached hydrogens (tertiary/aromatic N) is 2. The van der Waals surface area contributed by atoms with Crippen molar-refractivity contribution in [1.82, 2.24) is 9.80 Å². The van der Waals surface area contributed by atoms with Gasteiger partial charge in [-0.15, -0.1) is 0 Å². The fourth-order valence-electron chi connectivity index (χ4n) is 2.75. The van der Waals surface area contributed by atoms with Gasteiger partial charge in [-0.25, -0.2) is 0 Å². The Balaban J connectivity index is 2.09. The van der Waals surface area contributed by atoms with Gasteiger partial charge in [0.05, 0.1) is 5.56 Å². The summed E-state index contributed by atoms with van der Waals surface area (Å²) in [5.41, 5.74) is 0.866. The van der Waals surface area contributed by atoms with Crippen LogP contribution in [-0.4, -0.2) is 43.0 Å². The third-order valence-corrected chi connectivity index (χ3v) is 3.85. The van der Waals surface area contributed by atoms with Gasteiger partial charge in [-0.3, -0.25) is 4.90 Å². The summed E-state index contributed by atoms with van der Waals surface area (Å²) in [7, 11) is 4.09. The Morgan fingerprint density at radius 2 is 1.95 bits per heavy atom. The third-order valence-electron chi connectivity index (χ3n) is 3.85. The zero-order chi connectivity index (χ0) is 14.9. The first-order valence-electron chi connectivity index (χ1n) is 6.82. The lowest BCUT2D eigenvalue weighted by molar-refractivity contribution is -0.137. The molecule has 0 amide bonds. The summed E-state index contributed by atoms with van der Waals surface area (Å²) in [6.45, 7) is 4.17. The first-order valence-corrected chi connectivity index (χ1v) is 6.82. The number of likely N-dealkylation sites (tertiary alicyclic amines) is 1. The van der Waals surface area contributed by atoms with Gasteiger partial charge in [-0.2, -0.15) is 13.2 Å². The molecule has 2 nitrogen and oxygen atoms in total. The van der Waals surface area contributed by atoms with Gasteiger partial charge in [0.15, 0.2) is 0 Å². The van der Waals surface area contributed by atoms with Crippen LogP contribution in [0.25, 0.3) is 0 Å². The SMILES string of the molecule is Cc1cc(CN2CCC(N(C)C)C2)cc(C(F)(F)F)c1. The molecule has 1 heterocycles. The van der Waals surface area contributed by atoms with Crippen LogP contribution in [0, 0.1) is 6.92 Å². The van der Waals surface area contributed by atoms with Crippen LogP contribution < -0.4 is 0 Å². The molecular weight excluding hydrogens is 265 g/mol. The standard InChI is InChI=1S/C15H21F3N2/c1-11-6-12(8-13(7-11)15(16,17)18)9-20-5-4-14(10-20)19(2)3/h6-8,14H,4-5,9-10H2,1-3H3. The minimum atomic E-state index is -4.27. The van der Waals surface area contributed by atoms with E-state index < -0.39 is 11.7 Å². The van der Waals surface area contributed by atoms with Crippen LogP contribution in [0.2, 0.25) is 0 Å². The second-order valence-electron chi connectivity index (χ2n) is 5.85. The molecule has 0 radical (unpaired) electrons. The molecule has 1 aromatic carbocycles. The Labute approximate surface area is 118 Å². The number of rotatable bonds is 3. The third kappa shape index (κ3) is 3.73. The summed E-state index contributed by atoms with van der Waals surface area (Å²) in [6.07, 6.45) is -3.19. The number of halogens is 3. The fourth-order valence-corrected chi connectivity index (χ4v) is 2.75. The molecular formula is C15H21F3N2. The van der Waals surface area contributed by atoms with Crippen molar-refractivity contribution in [2.24, 2.45) is 0 Å². The lowest BCUT2D eigenvalue weighted by Crippen LogP contribution is -2.31. The first kappa shape index (κ1) is 15.3. The highest BCUT2D eigenvalue weighted by atomic mass is 19.4. The average molecular weight is 286 g/mol. The Morgan fingerprint density at radius 3 is 2.50 bits per heavy atom. The van der Waals surface area contributed by atoms with Crippen LogP contribution in [-0.2, 0) is 12.7 Å². The molecule has 20 heavy (non-hydrogen) atoms. The second-order valence-corrected chi connectivity index (χ2v) is 5.85. The maximum absolute atomic E-state index is 12.8. The van der Waals surface area contributed by atoms with Gasteiger partial charge in [-0.1, -0.05) is 11.6 Å². The van der Waals surface area contributed by atoms with Crippen LogP contribution >= 0.6 is 0 Å². The minimum absolute atomic E-state index is 0.502. The summed E-state index contributed by atoms with van der Waals surface area (Å²) in [5.74, 6) is 0. The monoisotopic (exact) mass is 286 g/mol. The topological polar surface area (TPSA) is 6.48 Å². The molecule has 1 fully saturated rings. The highest BCUT2D eigenvalue weighted by Crippen LogP contribution is 2.31. The van der Waals surface area contributed by atoms with Gasteiger partial charge in [-0.05, 0) is 45.1 Å². The van der Waals surface area contributed by atoms with Crippen molar-refractivity contribution in [3.63, 3.8) is 0 Å². The average Bonchev–Trinajstić information content (AvgIpc) is 2.75. The number of hydrogen-bond donors (Lipinski definition) is 0. The number of likely N-dealkylation sites (N-methyl/N-ethyl adjacent to an activating group) is 1. The Hall–Kier alpha value is -1.07. The van der Waals surface area contributed by atoms with Gasteiger partial charge in [0.25, 0.3) is 0 Å². The van der Waals surface area contributed by atoms with E-state index in [4.69, 9.17) is 0 Å². The van der Waals surface area contributed by atoms with Crippen molar-refractivity contribution >= 4 is 0 Å². The number of benzene rings is 1. The minimum Gasteiger partial charge on any atom is -0.305 e. The van der Waals surface area contributed by atoms with Crippen LogP contribution in [0.15, 0.2) is 18.2 Å². The van der Waals surface area contributed by atoms with E-state index in [9.17, 15) is 13.2 Å². The predicted molar refractivity (Wildman–Crippen MR) is 73.6 cm³/mol. The van der Waals surface area contributed by atoms with Gasteiger partial charge in [0, 0.05) is 25.7 Å². The number of hydrogen-bond acceptors (Lipinski definition) is 2. The van der Waals surface area contributed by atoms with E-state index in [1.165, 1.54) is 12.1 Å². The molecule has 1 saturated heterocycles. The Bertz CT molecular complexity index is 469. The van der Waals surface area contributed by atoms with Gasteiger partial charge in [0.1, 0.15) is 0 Å². The normalized spacial score (nSPS) is 20.9. The van der Waals surface area contributed by atoms with E-state index in [1.54, 1.807) is 6.92 Å². The number of alkyl halides is 3. The molecule has 1 aliphatic rings. The molecule has 0 N–H and O–H groups in total. The van der Waals surface area contributed by atoms with Crippen molar-refractivity contribution in [3.05, 3.63) is 34.9 Å². The van der Waals surface area contributed by atoms with Crippen molar-refractivity contribution in [2.75, 3.05) is 27.2 Å². The second kappa shape index (κ2) is 5.74. The quantitative estimate of drug-likeness (QED) is 0.842. The van der Waals surface area contributed by atoms with E-state index in [2.05, 4.69) is 9.80 Å². The molecule has 112 valence electrons. The van der Waals surface area contributed by atoms with E-state index in [0.29, 0.717) is 18.2 Å². The fraction of sp³-hybridized carbons (Fsp3) is 0.600. The van der Waals surface area contributed by atoms with Crippen LogP contribution in [0.3, 0.4) is 0 Å².